The molecule has 2 aromatic carbocycles. The van der Waals surface area contributed by atoms with Crippen LogP contribution in [0.25, 0.3) is 0 Å². The highest BCUT2D eigenvalue weighted by Crippen LogP contribution is 2.34. The number of hydrogen-bond acceptors (Lipinski definition) is 7. The van der Waals surface area contributed by atoms with E-state index in [-0.39, 0.29) is 48.4 Å². The first kappa shape index (κ1) is 27.6. The molecule has 3 heterocycles. The van der Waals surface area contributed by atoms with Crippen LogP contribution in [0, 0.1) is 12.7 Å². The fourth-order valence-corrected chi connectivity index (χ4v) is 4.22. The van der Waals surface area contributed by atoms with Crippen molar-refractivity contribution in [2.45, 2.75) is 39.2 Å². The molecule has 1 aromatic heterocycles. The summed E-state index contributed by atoms with van der Waals surface area (Å²) in [5.74, 6) is -0.0445. The second kappa shape index (κ2) is 12.9. The highest BCUT2D eigenvalue weighted by atomic mass is 19.1. The summed E-state index contributed by atoms with van der Waals surface area (Å²) in [6.45, 7) is 2.73. The maximum absolute atomic E-state index is 14.7. The molecule has 10 nitrogen and oxygen atoms in total. The molecule has 2 bridgehead atoms. The van der Waals surface area contributed by atoms with E-state index in [0.717, 1.165) is 0 Å². The van der Waals surface area contributed by atoms with Crippen LogP contribution in [0.15, 0.2) is 47.0 Å². The highest BCUT2D eigenvalue weighted by Gasteiger charge is 2.19. The quantitative estimate of drug-likeness (QED) is 0.523. The number of benzene rings is 2. The van der Waals surface area contributed by atoms with E-state index in [9.17, 15) is 18.8 Å². The lowest BCUT2D eigenvalue weighted by atomic mass is 10.1. The molecule has 0 atom stereocenters. The second-order valence-corrected chi connectivity index (χ2v) is 9.17. The number of methoxy groups -OCH3 is 1. The normalized spacial score (nSPS) is 15.2. The van der Waals surface area contributed by atoms with E-state index < -0.39 is 5.82 Å². The van der Waals surface area contributed by atoms with Crippen molar-refractivity contribution in [1.29, 1.82) is 0 Å². The first-order valence-corrected chi connectivity index (χ1v) is 12.7. The lowest BCUT2D eigenvalue weighted by molar-refractivity contribution is -0.131. The van der Waals surface area contributed by atoms with Crippen molar-refractivity contribution in [1.82, 2.24) is 20.7 Å². The number of carbonyl (C=O) groups excluding carboxylic acids is 3. The lowest BCUT2D eigenvalue weighted by Crippen LogP contribution is -2.36. The molecule has 0 aliphatic carbocycles. The van der Waals surface area contributed by atoms with Gasteiger partial charge in [0, 0.05) is 49.8 Å². The summed E-state index contributed by atoms with van der Waals surface area (Å²) in [7, 11) is 1.44. The number of halogens is 1. The third kappa shape index (κ3) is 7.34. The molecule has 5 rings (SSSR count). The van der Waals surface area contributed by atoms with Crippen molar-refractivity contribution in [2.24, 2.45) is 0 Å². The van der Waals surface area contributed by atoms with Crippen LogP contribution in [0.1, 0.15) is 46.6 Å². The van der Waals surface area contributed by atoms with Crippen LogP contribution in [0.4, 0.5) is 4.39 Å². The Morgan fingerprint density at radius 3 is 2.69 bits per heavy atom. The van der Waals surface area contributed by atoms with E-state index >= 15 is 0 Å². The number of hydrogen-bond donors (Lipinski definition) is 2. The zero-order valence-electron chi connectivity index (χ0n) is 21.9. The molecule has 0 saturated heterocycles. The Morgan fingerprint density at radius 2 is 1.92 bits per heavy atom. The molecule has 0 unspecified atom stereocenters. The van der Waals surface area contributed by atoms with Gasteiger partial charge in [-0.15, -0.1) is 0 Å². The largest absolute Gasteiger partial charge is 0.493 e. The fraction of sp³-hybridized carbons (Fsp3) is 0.357. The van der Waals surface area contributed by atoms with Gasteiger partial charge in [-0.1, -0.05) is 11.2 Å². The molecule has 2 aliphatic rings. The molecule has 3 amide bonds. The first-order valence-electron chi connectivity index (χ1n) is 12.7. The van der Waals surface area contributed by atoms with Crippen molar-refractivity contribution in [2.75, 3.05) is 26.7 Å². The van der Waals surface area contributed by atoms with Crippen molar-refractivity contribution in [3.05, 3.63) is 70.9 Å². The third-order valence-corrected chi connectivity index (χ3v) is 6.26. The molecule has 0 radical (unpaired) electrons. The van der Waals surface area contributed by atoms with E-state index in [4.69, 9.17) is 14.0 Å². The number of nitrogens with zero attached hydrogens (tertiary/aromatic N) is 2. The molecule has 39 heavy (non-hydrogen) atoms. The third-order valence-electron chi connectivity index (χ3n) is 6.26. The van der Waals surface area contributed by atoms with Gasteiger partial charge in [0.15, 0.2) is 11.5 Å². The zero-order chi connectivity index (χ0) is 27.8. The van der Waals surface area contributed by atoms with Gasteiger partial charge in [-0.25, -0.2) is 4.39 Å². The van der Waals surface area contributed by atoms with E-state index in [0.29, 0.717) is 61.0 Å². The van der Waals surface area contributed by atoms with Gasteiger partial charge < -0.3 is 29.5 Å². The number of nitrogens with one attached hydrogen (secondary N) is 2. The molecule has 3 aromatic rings. The van der Waals surface area contributed by atoms with Crippen molar-refractivity contribution >= 4 is 17.7 Å². The zero-order valence-corrected chi connectivity index (χ0v) is 21.9. The van der Waals surface area contributed by atoms with Crippen LogP contribution in [0.5, 0.6) is 17.2 Å². The van der Waals surface area contributed by atoms with Crippen LogP contribution < -0.4 is 20.1 Å². The van der Waals surface area contributed by atoms with E-state index in [1.54, 1.807) is 36.1 Å². The van der Waals surface area contributed by atoms with Crippen LogP contribution in [-0.4, -0.2) is 54.5 Å². The van der Waals surface area contributed by atoms with Gasteiger partial charge >= 0.3 is 0 Å². The number of ether oxygens (including phenoxy) is 2. The Bertz CT molecular complexity index is 1340. The topological polar surface area (TPSA) is 123 Å². The molecule has 206 valence electrons. The Labute approximate surface area is 225 Å². The second-order valence-electron chi connectivity index (χ2n) is 9.17. The maximum atomic E-state index is 14.7. The predicted octanol–water partition coefficient (Wildman–Crippen LogP) is 3.52. The predicted molar refractivity (Wildman–Crippen MR) is 139 cm³/mol. The number of carbonyl (C=O) groups is 3. The standard InChI is InChI=1S/C28H31FN4O6/c1-18-14-20(39-32-18)16-27(35)33-12-4-8-26(34)31-17-21-22(29)6-3-7-23(21)38-24-10-9-19(15-25(24)37-2)28(36)30-11-5-13-33/h3,6-7,9-10,14-15H,4-5,8,11-13,16-17H2,1-2H3,(H,30,36)(H,31,34). The van der Waals surface area contributed by atoms with Crippen molar-refractivity contribution in [3.8, 4) is 17.2 Å². The van der Waals surface area contributed by atoms with Gasteiger partial charge in [-0.2, -0.15) is 0 Å². The smallest absolute Gasteiger partial charge is 0.251 e. The minimum atomic E-state index is -0.534. The Hall–Kier alpha value is -4.41. The molecule has 11 heteroatoms. The summed E-state index contributed by atoms with van der Waals surface area (Å²) >= 11 is 0. The molecular weight excluding hydrogens is 507 g/mol. The Kier molecular flexibility index (Phi) is 9.14. The van der Waals surface area contributed by atoms with E-state index in [2.05, 4.69) is 15.8 Å². The summed E-state index contributed by atoms with van der Waals surface area (Å²) in [6.07, 6.45) is 1.09. The van der Waals surface area contributed by atoms with E-state index in [1.807, 2.05) is 0 Å². The lowest BCUT2D eigenvalue weighted by Gasteiger charge is -2.22. The summed E-state index contributed by atoms with van der Waals surface area (Å²) in [5.41, 5.74) is 1.21. The van der Waals surface area contributed by atoms with Crippen LogP contribution >= 0.6 is 0 Å². The SMILES string of the molecule is COc1cc2ccc1Oc1cccc(F)c1CNC(=O)CCCN(C(=O)Cc1cc(C)no1)CCCNC2=O. The average Bonchev–Trinajstić information content (AvgIpc) is 3.33. The van der Waals surface area contributed by atoms with Gasteiger partial charge in [0.1, 0.15) is 17.3 Å². The molecule has 0 fully saturated rings. The van der Waals surface area contributed by atoms with Crippen molar-refractivity contribution in [3.63, 3.8) is 0 Å². The van der Waals surface area contributed by atoms with E-state index in [1.165, 1.54) is 25.3 Å². The number of aromatic nitrogens is 1. The summed E-state index contributed by atoms with van der Waals surface area (Å²) in [6, 6.07) is 10.8. The molecule has 2 aliphatic heterocycles. The number of amides is 3. The monoisotopic (exact) mass is 538 g/mol. The summed E-state index contributed by atoms with van der Waals surface area (Å²) in [5, 5.41) is 9.41. The maximum Gasteiger partial charge on any atom is 0.251 e. The summed E-state index contributed by atoms with van der Waals surface area (Å²) in [4.78, 5) is 40.0. The van der Waals surface area contributed by atoms with Crippen LogP contribution in [-0.2, 0) is 22.6 Å². The molecule has 0 spiro atoms. The fourth-order valence-electron chi connectivity index (χ4n) is 4.22. The molecule has 0 saturated carbocycles. The summed E-state index contributed by atoms with van der Waals surface area (Å²) < 4.78 is 31.2. The number of aryl methyl sites for hydroxylation is 1. The van der Waals surface area contributed by atoms with Gasteiger partial charge in [-0.05, 0) is 50.1 Å². The van der Waals surface area contributed by atoms with Gasteiger partial charge in [0.05, 0.1) is 19.2 Å². The van der Waals surface area contributed by atoms with Gasteiger partial charge in [0.25, 0.3) is 5.91 Å². The van der Waals surface area contributed by atoms with Crippen LogP contribution in [0.3, 0.4) is 0 Å². The number of rotatable bonds is 3. The number of fused-ring (bicyclic) bond motifs is 13. The molecule has 2 N–H and O–H groups in total. The minimum absolute atomic E-state index is 0.0433. The van der Waals surface area contributed by atoms with Crippen molar-refractivity contribution < 1.29 is 32.8 Å². The highest BCUT2D eigenvalue weighted by molar-refractivity contribution is 5.94. The Balaban J connectivity index is 1.55. The molecular formula is C28H31FN4O6. The van der Waals surface area contributed by atoms with Gasteiger partial charge in [0.2, 0.25) is 11.8 Å². The average molecular weight is 539 g/mol. The first-order chi connectivity index (χ1) is 18.8. The van der Waals surface area contributed by atoms with Crippen LogP contribution in [0.2, 0.25) is 0 Å². The van der Waals surface area contributed by atoms with Gasteiger partial charge in [-0.3, -0.25) is 14.4 Å². The minimum Gasteiger partial charge on any atom is -0.493 e. The Morgan fingerprint density at radius 1 is 1.10 bits per heavy atom.